The Morgan fingerprint density at radius 1 is 1.07 bits per heavy atom. The van der Waals surface area contributed by atoms with Gasteiger partial charge in [-0.2, -0.15) is 0 Å². The molecule has 2 fully saturated rings. The zero-order valence-corrected chi connectivity index (χ0v) is 16.0. The van der Waals surface area contributed by atoms with Crippen LogP contribution in [0.15, 0.2) is 43.0 Å². The SMILES string of the molecule is C=CCNC(=O)C1CCC(c2ccccc2)N(C(=O)NC2CCCCC2)C1. The van der Waals surface area contributed by atoms with Gasteiger partial charge in [-0.3, -0.25) is 4.79 Å². The second-order valence-electron chi connectivity index (χ2n) is 7.67. The van der Waals surface area contributed by atoms with Crippen molar-refractivity contribution < 1.29 is 9.59 Å². The zero-order valence-electron chi connectivity index (χ0n) is 16.0. The van der Waals surface area contributed by atoms with E-state index in [4.69, 9.17) is 0 Å². The van der Waals surface area contributed by atoms with E-state index in [1.54, 1.807) is 6.08 Å². The van der Waals surface area contributed by atoms with Crippen LogP contribution < -0.4 is 10.6 Å². The summed E-state index contributed by atoms with van der Waals surface area (Å²) in [5.74, 6) is -0.154. The third kappa shape index (κ3) is 5.12. The first-order valence-electron chi connectivity index (χ1n) is 10.2. The average molecular weight is 370 g/mol. The Morgan fingerprint density at radius 3 is 2.52 bits per heavy atom. The molecule has 27 heavy (non-hydrogen) atoms. The smallest absolute Gasteiger partial charge is 0.318 e. The number of likely N-dealkylation sites (tertiary alicyclic amines) is 1. The van der Waals surface area contributed by atoms with Gasteiger partial charge in [-0.1, -0.05) is 55.7 Å². The van der Waals surface area contributed by atoms with Crippen LogP contribution in [0.4, 0.5) is 4.79 Å². The van der Waals surface area contributed by atoms with Crippen molar-refractivity contribution in [3.8, 4) is 0 Å². The molecule has 0 radical (unpaired) electrons. The molecule has 0 spiro atoms. The molecule has 1 aliphatic carbocycles. The number of carbonyl (C=O) groups is 2. The van der Waals surface area contributed by atoms with Gasteiger partial charge in [0.05, 0.1) is 12.0 Å². The summed E-state index contributed by atoms with van der Waals surface area (Å²) in [7, 11) is 0. The second-order valence-corrected chi connectivity index (χ2v) is 7.67. The number of nitrogens with one attached hydrogen (secondary N) is 2. The number of hydrogen-bond acceptors (Lipinski definition) is 2. The van der Waals surface area contributed by atoms with Gasteiger partial charge < -0.3 is 15.5 Å². The van der Waals surface area contributed by atoms with Crippen molar-refractivity contribution >= 4 is 11.9 Å². The molecule has 2 N–H and O–H groups in total. The highest BCUT2D eigenvalue weighted by Crippen LogP contribution is 2.33. The maximum Gasteiger partial charge on any atom is 0.318 e. The molecule has 2 aliphatic rings. The summed E-state index contributed by atoms with van der Waals surface area (Å²) >= 11 is 0. The van der Waals surface area contributed by atoms with Crippen LogP contribution in [0.1, 0.15) is 56.6 Å². The Labute approximate surface area is 162 Å². The number of piperidine rings is 1. The topological polar surface area (TPSA) is 61.4 Å². The molecule has 1 aliphatic heterocycles. The Bertz CT molecular complexity index is 640. The lowest BCUT2D eigenvalue weighted by Gasteiger charge is -2.40. The van der Waals surface area contributed by atoms with Crippen LogP contribution in [0.3, 0.4) is 0 Å². The first kappa shape index (κ1) is 19.5. The summed E-state index contributed by atoms with van der Waals surface area (Å²) in [4.78, 5) is 27.4. The Kier molecular flexibility index (Phi) is 6.91. The fourth-order valence-electron chi connectivity index (χ4n) is 4.25. The zero-order chi connectivity index (χ0) is 19.1. The quantitative estimate of drug-likeness (QED) is 0.776. The summed E-state index contributed by atoms with van der Waals surface area (Å²) in [6.45, 7) is 4.57. The van der Waals surface area contributed by atoms with Crippen LogP contribution >= 0.6 is 0 Å². The fourth-order valence-corrected chi connectivity index (χ4v) is 4.25. The van der Waals surface area contributed by atoms with E-state index in [9.17, 15) is 9.59 Å². The Balaban J connectivity index is 1.72. The highest BCUT2D eigenvalue weighted by molar-refractivity contribution is 5.81. The molecule has 146 valence electrons. The standard InChI is InChI=1S/C22H31N3O2/c1-2-15-23-21(26)18-13-14-20(17-9-5-3-6-10-17)25(16-18)22(27)24-19-11-7-4-8-12-19/h2-3,5-6,9-10,18-20H,1,4,7-8,11-16H2,(H,23,26)(H,24,27). The monoisotopic (exact) mass is 369 g/mol. The van der Waals surface area contributed by atoms with Crippen LogP contribution in [0, 0.1) is 5.92 Å². The largest absolute Gasteiger partial charge is 0.352 e. The number of rotatable bonds is 5. The van der Waals surface area contributed by atoms with E-state index in [1.807, 2.05) is 23.1 Å². The highest BCUT2D eigenvalue weighted by atomic mass is 16.2. The molecule has 1 aromatic rings. The van der Waals surface area contributed by atoms with Crippen molar-refractivity contribution in [3.63, 3.8) is 0 Å². The van der Waals surface area contributed by atoms with Crippen molar-refractivity contribution in [1.29, 1.82) is 0 Å². The molecule has 5 nitrogen and oxygen atoms in total. The minimum atomic E-state index is -0.165. The third-order valence-corrected chi connectivity index (χ3v) is 5.75. The van der Waals surface area contributed by atoms with E-state index in [0.29, 0.717) is 13.1 Å². The average Bonchev–Trinajstić information content (AvgIpc) is 2.73. The van der Waals surface area contributed by atoms with Crippen molar-refractivity contribution in [2.75, 3.05) is 13.1 Å². The first-order chi connectivity index (χ1) is 13.2. The number of nitrogens with zero attached hydrogens (tertiary/aromatic N) is 1. The minimum absolute atomic E-state index is 0.0110. The lowest BCUT2D eigenvalue weighted by Crippen LogP contribution is -2.52. The third-order valence-electron chi connectivity index (χ3n) is 5.75. The molecular weight excluding hydrogens is 338 g/mol. The van der Waals surface area contributed by atoms with Crippen molar-refractivity contribution in [2.45, 2.75) is 57.0 Å². The molecule has 2 atom stereocenters. The highest BCUT2D eigenvalue weighted by Gasteiger charge is 2.36. The lowest BCUT2D eigenvalue weighted by atomic mass is 9.88. The van der Waals surface area contributed by atoms with Crippen LogP contribution in [-0.2, 0) is 4.79 Å². The van der Waals surface area contributed by atoms with Crippen molar-refractivity contribution in [1.82, 2.24) is 15.5 Å². The van der Waals surface area contributed by atoms with E-state index < -0.39 is 0 Å². The van der Waals surface area contributed by atoms with Crippen molar-refractivity contribution in [3.05, 3.63) is 48.6 Å². The van der Waals surface area contributed by atoms with Crippen LogP contribution in [-0.4, -0.2) is 36.0 Å². The molecule has 1 aromatic carbocycles. The van der Waals surface area contributed by atoms with E-state index in [0.717, 1.165) is 31.2 Å². The summed E-state index contributed by atoms with van der Waals surface area (Å²) in [5.41, 5.74) is 1.14. The molecule has 0 aromatic heterocycles. The van der Waals surface area contributed by atoms with E-state index in [1.165, 1.54) is 19.3 Å². The first-order valence-corrected chi connectivity index (χ1v) is 10.2. The molecular formula is C22H31N3O2. The molecule has 1 heterocycles. The number of urea groups is 1. The van der Waals surface area contributed by atoms with Gasteiger partial charge in [0, 0.05) is 19.1 Å². The van der Waals surface area contributed by atoms with Gasteiger partial charge in [-0.15, -0.1) is 6.58 Å². The predicted molar refractivity (Wildman–Crippen MR) is 107 cm³/mol. The molecule has 1 saturated carbocycles. The minimum Gasteiger partial charge on any atom is -0.352 e. The number of hydrogen-bond donors (Lipinski definition) is 2. The molecule has 1 saturated heterocycles. The number of amides is 3. The maximum absolute atomic E-state index is 13.1. The van der Waals surface area contributed by atoms with Gasteiger partial charge >= 0.3 is 6.03 Å². The van der Waals surface area contributed by atoms with Crippen LogP contribution in [0.25, 0.3) is 0 Å². The summed E-state index contributed by atoms with van der Waals surface area (Å²) < 4.78 is 0. The summed E-state index contributed by atoms with van der Waals surface area (Å²) in [5, 5.41) is 6.11. The Morgan fingerprint density at radius 2 is 1.81 bits per heavy atom. The molecule has 0 bridgehead atoms. The van der Waals surface area contributed by atoms with Gasteiger partial charge in [0.1, 0.15) is 0 Å². The van der Waals surface area contributed by atoms with E-state index in [2.05, 4.69) is 29.3 Å². The molecule has 3 rings (SSSR count). The number of carbonyl (C=O) groups excluding carboxylic acids is 2. The van der Waals surface area contributed by atoms with Gasteiger partial charge in [0.25, 0.3) is 0 Å². The van der Waals surface area contributed by atoms with Gasteiger partial charge in [-0.25, -0.2) is 4.79 Å². The normalized spacial score (nSPS) is 23.5. The van der Waals surface area contributed by atoms with Gasteiger partial charge in [-0.05, 0) is 31.2 Å². The number of benzene rings is 1. The van der Waals surface area contributed by atoms with E-state index >= 15 is 0 Å². The van der Waals surface area contributed by atoms with E-state index in [-0.39, 0.29) is 29.9 Å². The lowest BCUT2D eigenvalue weighted by molar-refractivity contribution is -0.126. The molecule has 2 unspecified atom stereocenters. The molecule has 5 heteroatoms. The summed E-state index contributed by atoms with van der Waals surface area (Å²) in [6.07, 6.45) is 9.00. The Hall–Kier alpha value is -2.30. The molecule has 3 amide bonds. The van der Waals surface area contributed by atoms with Gasteiger partial charge in [0.2, 0.25) is 5.91 Å². The van der Waals surface area contributed by atoms with Gasteiger partial charge in [0.15, 0.2) is 0 Å². The van der Waals surface area contributed by atoms with Crippen LogP contribution in [0.2, 0.25) is 0 Å². The van der Waals surface area contributed by atoms with Crippen molar-refractivity contribution in [2.24, 2.45) is 5.92 Å². The maximum atomic E-state index is 13.1. The second kappa shape index (κ2) is 9.58. The van der Waals surface area contributed by atoms with Crippen LogP contribution in [0.5, 0.6) is 0 Å². The predicted octanol–water partition coefficient (Wildman–Crippen LogP) is 3.78. The fraction of sp³-hybridized carbons (Fsp3) is 0.545. The summed E-state index contributed by atoms with van der Waals surface area (Å²) in [6, 6.07) is 10.4.